The molecule has 0 fully saturated rings. The molecule has 0 aliphatic rings. The van der Waals surface area contributed by atoms with Crippen molar-refractivity contribution in [2.24, 2.45) is 5.92 Å². The molecule has 2 unspecified atom stereocenters. The molecule has 2 rings (SSSR count). The predicted octanol–water partition coefficient (Wildman–Crippen LogP) is 4.02. The fourth-order valence-corrected chi connectivity index (χ4v) is 3.47. The number of carboxylic acid groups (broad SMARTS) is 1. The van der Waals surface area contributed by atoms with Crippen LogP contribution in [0.3, 0.4) is 0 Å². The lowest BCUT2D eigenvalue weighted by atomic mass is 9.84. The zero-order chi connectivity index (χ0) is 24.2. The highest BCUT2D eigenvalue weighted by Crippen LogP contribution is 2.38. The highest BCUT2D eigenvalue weighted by atomic mass is 16.7. The van der Waals surface area contributed by atoms with Gasteiger partial charge in [-0.1, -0.05) is 36.4 Å². The van der Waals surface area contributed by atoms with Crippen molar-refractivity contribution in [3.05, 3.63) is 59.7 Å². The Morgan fingerprint density at radius 2 is 1.58 bits per heavy atom. The van der Waals surface area contributed by atoms with E-state index < -0.39 is 30.1 Å². The zero-order valence-electron chi connectivity index (χ0n) is 19.5. The summed E-state index contributed by atoms with van der Waals surface area (Å²) >= 11 is 0. The number of ether oxygens (including phenoxy) is 5. The maximum absolute atomic E-state index is 12.7. The molecule has 8 nitrogen and oxygen atoms in total. The van der Waals surface area contributed by atoms with Crippen LogP contribution >= 0.6 is 0 Å². The molecule has 2 aromatic carbocycles. The molecule has 180 valence electrons. The molecule has 0 saturated carbocycles. The minimum Gasteiger partial charge on any atom is -0.493 e. The first-order valence-corrected chi connectivity index (χ1v) is 10.9. The second-order valence-electron chi connectivity index (χ2n) is 7.06. The molecule has 33 heavy (non-hydrogen) atoms. The maximum Gasteiger partial charge on any atom is 0.321 e. The SMILES string of the molecule is CCOC(=O)C(C(=O)O)C(c1ccc(OC)c(OCc2ccccc2)c1)C(OCC)OCC. The fraction of sp³-hybridized carbons (Fsp3) is 0.440. The molecule has 0 heterocycles. The number of hydrogen-bond donors (Lipinski definition) is 1. The van der Waals surface area contributed by atoms with Gasteiger partial charge in [0.2, 0.25) is 0 Å². The molecule has 0 aliphatic carbocycles. The number of carbonyl (C=O) groups is 2. The quantitative estimate of drug-likeness (QED) is 0.256. The van der Waals surface area contributed by atoms with E-state index in [4.69, 9.17) is 23.7 Å². The Labute approximate surface area is 194 Å². The molecule has 0 spiro atoms. The van der Waals surface area contributed by atoms with Gasteiger partial charge in [0.05, 0.1) is 19.6 Å². The first-order valence-electron chi connectivity index (χ1n) is 10.9. The average Bonchev–Trinajstić information content (AvgIpc) is 2.81. The third-order valence-corrected chi connectivity index (χ3v) is 4.93. The molecule has 0 radical (unpaired) electrons. The number of methoxy groups -OCH3 is 1. The molecule has 1 N–H and O–H groups in total. The van der Waals surface area contributed by atoms with E-state index >= 15 is 0 Å². The van der Waals surface area contributed by atoms with Crippen molar-refractivity contribution in [1.29, 1.82) is 0 Å². The van der Waals surface area contributed by atoms with Gasteiger partial charge in [0.1, 0.15) is 6.61 Å². The highest BCUT2D eigenvalue weighted by molar-refractivity contribution is 5.95. The van der Waals surface area contributed by atoms with Crippen molar-refractivity contribution in [1.82, 2.24) is 0 Å². The van der Waals surface area contributed by atoms with Gasteiger partial charge in [-0.05, 0) is 44.0 Å². The van der Waals surface area contributed by atoms with Crippen LogP contribution in [-0.4, -0.2) is 50.3 Å². The molecule has 8 heteroatoms. The molecule has 2 atom stereocenters. The van der Waals surface area contributed by atoms with Gasteiger partial charge in [-0.3, -0.25) is 9.59 Å². The summed E-state index contributed by atoms with van der Waals surface area (Å²) in [5, 5.41) is 9.94. The third kappa shape index (κ3) is 7.20. The summed E-state index contributed by atoms with van der Waals surface area (Å²) < 4.78 is 27.9. The Hall–Kier alpha value is -3.10. The molecule has 0 aromatic heterocycles. The smallest absolute Gasteiger partial charge is 0.321 e. The lowest BCUT2D eigenvalue weighted by molar-refractivity contribution is -0.181. The van der Waals surface area contributed by atoms with Gasteiger partial charge in [0.25, 0.3) is 0 Å². The van der Waals surface area contributed by atoms with E-state index in [0.717, 1.165) is 5.56 Å². The molecule has 0 saturated heterocycles. The number of esters is 1. The van der Waals surface area contributed by atoms with Gasteiger partial charge in [-0.25, -0.2) is 0 Å². The van der Waals surface area contributed by atoms with Crippen molar-refractivity contribution in [2.75, 3.05) is 26.9 Å². The predicted molar refractivity (Wildman–Crippen MR) is 121 cm³/mol. The zero-order valence-corrected chi connectivity index (χ0v) is 19.5. The molecule has 2 aromatic rings. The summed E-state index contributed by atoms with van der Waals surface area (Å²) in [5.74, 6) is -3.83. The van der Waals surface area contributed by atoms with Crippen LogP contribution in [-0.2, 0) is 30.4 Å². The van der Waals surface area contributed by atoms with Crippen LogP contribution in [0.4, 0.5) is 0 Å². The van der Waals surface area contributed by atoms with Crippen molar-refractivity contribution in [3.63, 3.8) is 0 Å². The number of hydrogen-bond acceptors (Lipinski definition) is 7. The van der Waals surface area contributed by atoms with E-state index in [0.29, 0.717) is 17.1 Å². The third-order valence-electron chi connectivity index (χ3n) is 4.93. The summed E-state index contributed by atoms with van der Waals surface area (Å²) in [4.78, 5) is 24.9. The standard InChI is InChI=1S/C25H32O8/c1-5-30-24(28)22(23(26)27)21(25(31-6-2)32-7-3)18-13-14-19(29-4)20(15-18)33-16-17-11-9-8-10-12-17/h8-15,21-22,25H,5-7,16H2,1-4H3,(H,26,27). The Bertz CT molecular complexity index is 877. The minimum atomic E-state index is -1.54. The molecular formula is C25H32O8. The summed E-state index contributed by atoms with van der Waals surface area (Å²) in [5.41, 5.74) is 1.45. The largest absolute Gasteiger partial charge is 0.493 e. The lowest BCUT2D eigenvalue weighted by Crippen LogP contribution is -2.40. The van der Waals surface area contributed by atoms with Crippen molar-refractivity contribution in [3.8, 4) is 11.5 Å². The number of carboxylic acids is 1. The molecule has 0 amide bonds. The monoisotopic (exact) mass is 460 g/mol. The topological polar surface area (TPSA) is 101 Å². The van der Waals surface area contributed by atoms with Crippen LogP contribution in [0.2, 0.25) is 0 Å². The van der Waals surface area contributed by atoms with Gasteiger partial charge in [-0.2, -0.15) is 0 Å². The fourth-order valence-electron chi connectivity index (χ4n) is 3.47. The van der Waals surface area contributed by atoms with E-state index in [-0.39, 0.29) is 26.4 Å². The molecule has 0 bridgehead atoms. The number of carbonyl (C=O) groups excluding carboxylic acids is 1. The highest BCUT2D eigenvalue weighted by Gasteiger charge is 2.43. The van der Waals surface area contributed by atoms with Crippen molar-refractivity contribution in [2.45, 2.75) is 39.6 Å². The first-order chi connectivity index (χ1) is 16.0. The van der Waals surface area contributed by atoms with Gasteiger partial charge in [0, 0.05) is 13.2 Å². The van der Waals surface area contributed by atoms with E-state index in [9.17, 15) is 14.7 Å². The Morgan fingerprint density at radius 1 is 0.909 bits per heavy atom. The van der Waals surface area contributed by atoms with E-state index in [1.165, 1.54) is 7.11 Å². The van der Waals surface area contributed by atoms with Crippen LogP contribution in [0.15, 0.2) is 48.5 Å². The summed E-state index contributed by atoms with van der Waals surface area (Å²) in [6.07, 6.45) is -0.985. The Morgan fingerprint density at radius 3 is 2.12 bits per heavy atom. The average molecular weight is 461 g/mol. The van der Waals surface area contributed by atoms with Gasteiger partial charge < -0.3 is 28.8 Å². The van der Waals surface area contributed by atoms with Crippen molar-refractivity contribution < 1.29 is 38.4 Å². The van der Waals surface area contributed by atoms with Gasteiger partial charge in [-0.15, -0.1) is 0 Å². The Kier molecular flexibility index (Phi) is 10.7. The molecule has 0 aliphatic heterocycles. The van der Waals surface area contributed by atoms with Crippen LogP contribution < -0.4 is 9.47 Å². The second-order valence-corrected chi connectivity index (χ2v) is 7.06. The number of aliphatic carboxylic acids is 1. The summed E-state index contributed by atoms with van der Waals surface area (Å²) in [6.45, 7) is 6.03. The normalized spacial score (nSPS) is 12.8. The van der Waals surface area contributed by atoms with E-state index in [1.807, 2.05) is 30.3 Å². The van der Waals surface area contributed by atoms with Crippen LogP contribution in [0.1, 0.15) is 37.8 Å². The summed E-state index contributed by atoms with van der Waals surface area (Å²) in [6, 6.07) is 14.6. The number of rotatable bonds is 14. The van der Waals surface area contributed by atoms with Gasteiger partial charge in [0.15, 0.2) is 23.7 Å². The summed E-state index contributed by atoms with van der Waals surface area (Å²) in [7, 11) is 1.52. The maximum atomic E-state index is 12.7. The van der Waals surface area contributed by atoms with Gasteiger partial charge >= 0.3 is 11.9 Å². The first kappa shape index (κ1) is 26.2. The van der Waals surface area contributed by atoms with Crippen LogP contribution in [0.25, 0.3) is 0 Å². The van der Waals surface area contributed by atoms with Crippen LogP contribution in [0.5, 0.6) is 11.5 Å². The lowest BCUT2D eigenvalue weighted by Gasteiger charge is -2.30. The van der Waals surface area contributed by atoms with Crippen molar-refractivity contribution >= 4 is 11.9 Å². The second kappa shape index (κ2) is 13.4. The number of benzene rings is 2. The van der Waals surface area contributed by atoms with Crippen LogP contribution in [0, 0.1) is 5.92 Å². The van der Waals surface area contributed by atoms with E-state index in [2.05, 4.69) is 0 Å². The minimum absolute atomic E-state index is 0.0529. The molecular weight excluding hydrogens is 428 g/mol. The Balaban J connectivity index is 2.51. The van der Waals surface area contributed by atoms with E-state index in [1.54, 1.807) is 39.0 Å².